The molecule has 0 atom stereocenters. The summed E-state index contributed by atoms with van der Waals surface area (Å²) in [5, 5.41) is 2.28. The normalized spacial score (nSPS) is 13.1. The molecule has 0 saturated carbocycles. The van der Waals surface area contributed by atoms with Crippen molar-refractivity contribution >= 4 is 23.4 Å². The summed E-state index contributed by atoms with van der Waals surface area (Å²) in [5.41, 5.74) is 1.35. The molecule has 2 aromatic rings. The number of amides is 3. The highest BCUT2D eigenvalue weighted by atomic mass is 19.2. The summed E-state index contributed by atoms with van der Waals surface area (Å²) >= 11 is 0. The highest BCUT2D eigenvalue weighted by Gasteiger charge is 2.34. The van der Waals surface area contributed by atoms with Crippen LogP contribution in [0.5, 0.6) is 0 Å². The number of carbonyl (C=O) groups is 3. The number of aryl methyl sites for hydroxylation is 1. The van der Waals surface area contributed by atoms with E-state index >= 15 is 0 Å². The van der Waals surface area contributed by atoms with Crippen LogP contribution in [0, 0.1) is 18.6 Å². The lowest BCUT2D eigenvalue weighted by atomic mass is 10.1. The second kappa shape index (κ2) is 7.03. The molecule has 7 heteroatoms. The highest BCUT2D eigenvalue weighted by Crippen LogP contribution is 2.24. The van der Waals surface area contributed by atoms with Crippen molar-refractivity contribution in [3.8, 4) is 0 Å². The fourth-order valence-corrected chi connectivity index (χ4v) is 2.82. The number of imide groups is 1. The van der Waals surface area contributed by atoms with Crippen molar-refractivity contribution in [2.75, 3.05) is 11.9 Å². The molecule has 3 amide bonds. The van der Waals surface area contributed by atoms with Gasteiger partial charge in [-0.05, 0) is 37.6 Å². The van der Waals surface area contributed by atoms with E-state index in [9.17, 15) is 23.2 Å². The first-order valence-corrected chi connectivity index (χ1v) is 8.09. The number of benzene rings is 2. The first-order chi connectivity index (χ1) is 12.4. The smallest absolute Gasteiger partial charge is 0.261 e. The molecule has 1 heterocycles. The van der Waals surface area contributed by atoms with E-state index in [0.717, 1.165) is 16.5 Å². The molecule has 2 aromatic carbocycles. The van der Waals surface area contributed by atoms with E-state index in [-0.39, 0.29) is 36.9 Å². The van der Waals surface area contributed by atoms with Gasteiger partial charge in [0.25, 0.3) is 11.8 Å². The van der Waals surface area contributed by atoms with E-state index in [2.05, 4.69) is 5.32 Å². The summed E-state index contributed by atoms with van der Waals surface area (Å²) in [4.78, 5) is 37.6. The van der Waals surface area contributed by atoms with Crippen molar-refractivity contribution in [3.63, 3.8) is 0 Å². The number of carbonyl (C=O) groups excluding carboxylic acids is 3. The minimum Gasteiger partial charge on any atom is -0.324 e. The quantitative estimate of drug-likeness (QED) is 0.834. The lowest BCUT2D eigenvalue weighted by Crippen LogP contribution is -2.31. The third-order valence-electron chi connectivity index (χ3n) is 4.14. The molecular weight excluding hydrogens is 342 g/mol. The van der Waals surface area contributed by atoms with Gasteiger partial charge in [0.15, 0.2) is 11.6 Å². The number of halogens is 2. The van der Waals surface area contributed by atoms with Gasteiger partial charge in [0, 0.05) is 13.0 Å². The van der Waals surface area contributed by atoms with E-state index in [4.69, 9.17) is 0 Å². The van der Waals surface area contributed by atoms with Crippen LogP contribution >= 0.6 is 0 Å². The third kappa shape index (κ3) is 3.33. The Labute approximate surface area is 148 Å². The molecule has 3 rings (SSSR count). The number of fused-ring (bicyclic) bond motifs is 1. The highest BCUT2D eigenvalue weighted by molar-refractivity contribution is 6.21. The third-order valence-corrected chi connectivity index (χ3v) is 4.14. The van der Waals surface area contributed by atoms with Gasteiger partial charge < -0.3 is 5.32 Å². The zero-order valence-corrected chi connectivity index (χ0v) is 14.0. The van der Waals surface area contributed by atoms with Crippen molar-refractivity contribution in [2.24, 2.45) is 0 Å². The number of hydrogen-bond acceptors (Lipinski definition) is 3. The Morgan fingerprint density at radius 3 is 2.58 bits per heavy atom. The second-order valence-electron chi connectivity index (χ2n) is 6.06. The van der Waals surface area contributed by atoms with Crippen molar-refractivity contribution in [2.45, 2.75) is 19.8 Å². The van der Waals surface area contributed by atoms with Crippen LogP contribution in [0.3, 0.4) is 0 Å². The standard InChI is InChI=1S/C19H16F2N2O3/c1-11-7-8-12-13(10-11)19(26)23(18(12)25)9-3-6-16(24)22-15-5-2-4-14(20)17(15)21/h2,4-5,7-8,10H,3,6,9H2,1H3,(H,22,24). The van der Waals surface area contributed by atoms with Crippen molar-refractivity contribution in [1.82, 2.24) is 4.90 Å². The molecule has 0 aromatic heterocycles. The number of nitrogens with zero attached hydrogens (tertiary/aromatic N) is 1. The summed E-state index contributed by atoms with van der Waals surface area (Å²) in [6.07, 6.45) is 0.176. The van der Waals surface area contributed by atoms with Gasteiger partial charge in [0.1, 0.15) is 0 Å². The van der Waals surface area contributed by atoms with E-state index in [1.807, 2.05) is 6.92 Å². The monoisotopic (exact) mass is 358 g/mol. The summed E-state index contributed by atoms with van der Waals surface area (Å²) in [6, 6.07) is 8.53. The van der Waals surface area contributed by atoms with Gasteiger partial charge in [-0.3, -0.25) is 19.3 Å². The Hall–Kier alpha value is -3.09. The minimum absolute atomic E-state index is 0.0393. The van der Waals surface area contributed by atoms with E-state index in [1.165, 1.54) is 12.1 Å². The molecule has 5 nitrogen and oxygen atoms in total. The van der Waals surface area contributed by atoms with E-state index < -0.39 is 17.5 Å². The maximum Gasteiger partial charge on any atom is 0.261 e. The van der Waals surface area contributed by atoms with Crippen molar-refractivity contribution in [1.29, 1.82) is 0 Å². The summed E-state index contributed by atoms with van der Waals surface area (Å²) in [6.45, 7) is 1.90. The lowest BCUT2D eigenvalue weighted by Gasteiger charge is -2.13. The maximum atomic E-state index is 13.5. The van der Waals surface area contributed by atoms with Crippen LogP contribution < -0.4 is 5.32 Å². The topological polar surface area (TPSA) is 66.5 Å². The molecule has 1 N–H and O–H groups in total. The van der Waals surface area contributed by atoms with Gasteiger partial charge in [-0.1, -0.05) is 17.7 Å². The zero-order valence-electron chi connectivity index (χ0n) is 14.0. The fraction of sp³-hybridized carbons (Fsp3) is 0.211. The predicted octanol–water partition coefficient (Wildman–Crippen LogP) is 3.29. The zero-order chi connectivity index (χ0) is 18.8. The molecule has 0 spiro atoms. The largest absolute Gasteiger partial charge is 0.324 e. The lowest BCUT2D eigenvalue weighted by molar-refractivity contribution is -0.116. The maximum absolute atomic E-state index is 13.5. The van der Waals surface area contributed by atoms with Crippen LogP contribution in [-0.2, 0) is 4.79 Å². The summed E-state index contributed by atoms with van der Waals surface area (Å²) in [7, 11) is 0. The number of nitrogens with one attached hydrogen (secondary N) is 1. The first kappa shape index (κ1) is 17.7. The summed E-state index contributed by atoms with van der Waals surface area (Å²) in [5.74, 6) is -3.48. The van der Waals surface area contributed by atoms with Crippen LogP contribution in [0.25, 0.3) is 0 Å². The molecule has 0 fully saturated rings. The van der Waals surface area contributed by atoms with Gasteiger partial charge >= 0.3 is 0 Å². The fourth-order valence-electron chi connectivity index (χ4n) is 2.82. The average Bonchev–Trinajstić information content (AvgIpc) is 2.83. The molecule has 0 radical (unpaired) electrons. The minimum atomic E-state index is -1.13. The SMILES string of the molecule is Cc1ccc2c(c1)C(=O)N(CCCC(=O)Nc1cccc(F)c1F)C2=O. The van der Waals surface area contributed by atoms with Crippen LogP contribution in [0.15, 0.2) is 36.4 Å². The van der Waals surface area contributed by atoms with E-state index in [0.29, 0.717) is 11.1 Å². The molecule has 0 aliphatic carbocycles. The van der Waals surface area contributed by atoms with Crippen molar-refractivity contribution in [3.05, 3.63) is 64.7 Å². The molecule has 1 aliphatic rings. The van der Waals surface area contributed by atoms with Gasteiger partial charge in [-0.25, -0.2) is 8.78 Å². The van der Waals surface area contributed by atoms with E-state index in [1.54, 1.807) is 18.2 Å². The first-order valence-electron chi connectivity index (χ1n) is 8.09. The molecule has 26 heavy (non-hydrogen) atoms. The summed E-state index contributed by atoms with van der Waals surface area (Å²) < 4.78 is 26.7. The molecule has 0 unspecified atom stereocenters. The Morgan fingerprint density at radius 1 is 1.08 bits per heavy atom. The molecular formula is C19H16F2N2O3. The molecule has 1 aliphatic heterocycles. The Bertz CT molecular complexity index is 912. The molecule has 134 valence electrons. The van der Waals surface area contributed by atoms with Crippen molar-refractivity contribution < 1.29 is 23.2 Å². The van der Waals surface area contributed by atoms with Crippen LogP contribution in [0.4, 0.5) is 14.5 Å². The second-order valence-corrected chi connectivity index (χ2v) is 6.06. The Morgan fingerprint density at radius 2 is 1.81 bits per heavy atom. The molecule has 0 bridgehead atoms. The van der Waals surface area contributed by atoms with Gasteiger partial charge in [0.05, 0.1) is 16.8 Å². The number of rotatable bonds is 5. The molecule has 0 saturated heterocycles. The van der Waals surface area contributed by atoms with Crippen LogP contribution in [0.1, 0.15) is 39.1 Å². The van der Waals surface area contributed by atoms with Gasteiger partial charge in [0.2, 0.25) is 5.91 Å². The Balaban J connectivity index is 1.57. The number of anilines is 1. The van der Waals surface area contributed by atoms with Crippen LogP contribution in [0.2, 0.25) is 0 Å². The Kier molecular flexibility index (Phi) is 4.79. The van der Waals surface area contributed by atoms with Gasteiger partial charge in [-0.15, -0.1) is 0 Å². The number of hydrogen-bond donors (Lipinski definition) is 1. The van der Waals surface area contributed by atoms with Gasteiger partial charge in [-0.2, -0.15) is 0 Å². The average molecular weight is 358 g/mol. The van der Waals surface area contributed by atoms with Crippen LogP contribution in [-0.4, -0.2) is 29.2 Å². The predicted molar refractivity (Wildman–Crippen MR) is 90.8 cm³/mol.